The molecule has 3 heterocycles. The first-order valence-corrected chi connectivity index (χ1v) is 7.59. The predicted molar refractivity (Wildman–Crippen MR) is 85.3 cm³/mol. The van der Waals surface area contributed by atoms with Crippen LogP contribution in [0.3, 0.4) is 0 Å². The maximum Gasteiger partial charge on any atom is 0.254 e. The Balaban J connectivity index is 1.45. The summed E-state index contributed by atoms with van der Waals surface area (Å²) in [7, 11) is 0. The number of aromatic nitrogens is 3. The first kappa shape index (κ1) is 13.8. The Kier molecular flexibility index (Phi) is 3.42. The molecule has 1 aliphatic heterocycles. The molecule has 0 unspecified atom stereocenters. The summed E-state index contributed by atoms with van der Waals surface area (Å²) in [5, 5.41) is 1.04. The zero-order valence-corrected chi connectivity index (χ0v) is 12.5. The van der Waals surface area contributed by atoms with E-state index in [9.17, 15) is 4.79 Å². The Labute approximate surface area is 133 Å². The van der Waals surface area contributed by atoms with Crippen molar-refractivity contribution >= 4 is 16.8 Å². The van der Waals surface area contributed by atoms with Crippen molar-refractivity contribution in [1.82, 2.24) is 19.9 Å². The first-order valence-electron chi connectivity index (χ1n) is 7.59. The van der Waals surface area contributed by atoms with Crippen LogP contribution in [0.4, 0.5) is 0 Å². The molecule has 0 spiro atoms. The first-order chi connectivity index (χ1) is 11.3. The number of rotatable bonds is 3. The second kappa shape index (κ2) is 5.72. The van der Waals surface area contributed by atoms with Crippen molar-refractivity contribution in [3.8, 4) is 5.88 Å². The SMILES string of the molecule is O=C(c1ccc2[nH]ccc2c1)N1CC[C@H](Oc2cnccn2)C1. The van der Waals surface area contributed by atoms with Crippen LogP contribution in [0.5, 0.6) is 5.88 Å². The number of carbonyl (C=O) groups is 1. The average molecular weight is 308 g/mol. The van der Waals surface area contributed by atoms with Gasteiger partial charge in [0.05, 0.1) is 12.7 Å². The molecular weight excluding hydrogens is 292 g/mol. The van der Waals surface area contributed by atoms with Crippen molar-refractivity contribution in [2.45, 2.75) is 12.5 Å². The van der Waals surface area contributed by atoms with Crippen LogP contribution < -0.4 is 4.74 Å². The molecule has 1 atom stereocenters. The number of ether oxygens (including phenoxy) is 1. The largest absolute Gasteiger partial charge is 0.471 e. The van der Waals surface area contributed by atoms with E-state index in [1.165, 1.54) is 0 Å². The molecular formula is C17H16N4O2. The molecule has 3 aromatic rings. The molecule has 1 aromatic carbocycles. The lowest BCUT2D eigenvalue weighted by atomic mass is 10.1. The number of fused-ring (bicyclic) bond motifs is 1. The molecule has 116 valence electrons. The van der Waals surface area contributed by atoms with Gasteiger partial charge in [0, 0.05) is 48.0 Å². The van der Waals surface area contributed by atoms with Crippen LogP contribution in [0.2, 0.25) is 0 Å². The lowest BCUT2D eigenvalue weighted by Crippen LogP contribution is -2.31. The monoisotopic (exact) mass is 308 g/mol. The van der Waals surface area contributed by atoms with Crippen LogP contribution in [-0.4, -0.2) is 45.0 Å². The van der Waals surface area contributed by atoms with E-state index in [4.69, 9.17) is 4.74 Å². The minimum Gasteiger partial charge on any atom is -0.471 e. The van der Waals surface area contributed by atoms with E-state index in [2.05, 4.69) is 15.0 Å². The lowest BCUT2D eigenvalue weighted by molar-refractivity contribution is 0.0771. The summed E-state index contributed by atoms with van der Waals surface area (Å²) in [4.78, 5) is 25.7. The standard InChI is InChI=1S/C17H16N4O2/c22-17(13-1-2-15-12(9-13)3-5-19-15)21-8-4-14(11-21)23-16-10-18-6-7-20-16/h1-3,5-7,9-10,14,19H,4,8,11H2/t14-/m0/s1. The molecule has 0 saturated carbocycles. The van der Waals surface area contributed by atoms with Gasteiger partial charge < -0.3 is 14.6 Å². The van der Waals surface area contributed by atoms with Crippen LogP contribution in [0.25, 0.3) is 10.9 Å². The van der Waals surface area contributed by atoms with E-state index in [1.807, 2.05) is 35.4 Å². The van der Waals surface area contributed by atoms with Crippen LogP contribution >= 0.6 is 0 Å². The molecule has 1 fully saturated rings. The third-order valence-corrected chi connectivity index (χ3v) is 4.06. The summed E-state index contributed by atoms with van der Waals surface area (Å²) >= 11 is 0. The zero-order valence-electron chi connectivity index (χ0n) is 12.5. The topological polar surface area (TPSA) is 71.1 Å². The summed E-state index contributed by atoms with van der Waals surface area (Å²) in [5.41, 5.74) is 1.74. The number of H-pyrrole nitrogens is 1. The van der Waals surface area contributed by atoms with E-state index >= 15 is 0 Å². The Morgan fingerprint density at radius 3 is 3.13 bits per heavy atom. The van der Waals surface area contributed by atoms with Gasteiger partial charge in [-0.05, 0) is 24.3 Å². The molecule has 6 heteroatoms. The third-order valence-electron chi connectivity index (χ3n) is 4.06. The minimum absolute atomic E-state index is 0.0355. The molecule has 4 rings (SSSR count). The highest BCUT2D eigenvalue weighted by molar-refractivity contribution is 5.98. The smallest absolute Gasteiger partial charge is 0.254 e. The molecule has 1 N–H and O–H groups in total. The van der Waals surface area contributed by atoms with E-state index in [-0.39, 0.29) is 12.0 Å². The van der Waals surface area contributed by atoms with Crippen molar-refractivity contribution in [1.29, 1.82) is 0 Å². The lowest BCUT2D eigenvalue weighted by Gasteiger charge is -2.17. The maximum absolute atomic E-state index is 12.6. The van der Waals surface area contributed by atoms with E-state index in [1.54, 1.807) is 18.6 Å². The van der Waals surface area contributed by atoms with E-state index < -0.39 is 0 Å². The molecule has 0 aliphatic carbocycles. The van der Waals surface area contributed by atoms with Gasteiger partial charge in [0.1, 0.15) is 6.10 Å². The van der Waals surface area contributed by atoms with Gasteiger partial charge in [0.25, 0.3) is 5.91 Å². The quantitative estimate of drug-likeness (QED) is 0.805. The number of nitrogens with one attached hydrogen (secondary N) is 1. The van der Waals surface area contributed by atoms with Crippen molar-refractivity contribution in [3.05, 3.63) is 54.6 Å². The number of likely N-dealkylation sites (tertiary alicyclic amines) is 1. The Hall–Kier alpha value is -2.89. The fraction of sp³-hybridized carbons (Fsp3) is 0.235. The highest BCUT2D eigenvalue weighted by Gasteiger charge is 2.28. The minimum atomic E-state index is -0.0355. The summed E-state index contributed by atoms with van der Waals surface area (Å²) in [6, 6.07) is 7.69. The van der Waals surface area contributed by atoms with Gasteiger partial charge in [0.2, 0.25) is 5.88 Å². The normalized spacial score (nSPS) is 17.6. The summed E-state index contributed by atoms with van der Waals surface area (Å²) in [5.74, 6) is 0.541. The molecule has 23 heavy (non-hydrogen) atoms. The number of hydrogen-bond donors (Lipinski definition) is 1. The van der Waals surface area contributed by atoms with Crippen LogP contribution in [0, 0.1) is 0 Å². The number of benzene rings is 1. The summed E-state index contributed by atoms with van der Waals surface area (Å²) < 4.78 is 5.78. The molecule has 1 amide bonds. The molecule has 0 bridgehead atoms. The Morgan fingerprint density at radius 1 is 1.30 bits per heavy atom. The van der Waals surface area contributed by atoms with Crippen LogP contribution in [-0.2, 0) is 0 Å². The number of carbonyl (C=O) groups excluding carboxylic acids is 1. The molecule has 2 aromatic heterocycles. The van der Waals surface area contributed by atoms with E-state index in [0.29, 0.717) is 24.5 Å². The van der Waals surface area contributed by atoms with Gasteiger partial charge in [-0.15, -0.1) is 0 Å². The van der Waals surface area contributed by atoms with Crippen molar-refractivity contribution in [2.24, 2.45) is 0 Å². The van der Waals surface area contributed by atoms with Crippen LogP contribution in [0.1, 0.15) is 16.8 Å². The molecule has 0 radical (unpaired) electrons. The van der Waals surface area contributed by atoms with Gasteiger partial charge in [-0.3, -0.25) is 9.78 Å². The zero-order chi connectivity index (χ0) is 15.6. The highest BCUT2D eigenvalue weighted by Crippen LogP contribution is 2.20. The molecule has 6 nitrogen and oxygen atoms in total. The maximum atomic E-state index is 12.6. The van der Waals surface area contributed by atoms with Crippen molar-refractivity contribution < 1.29 is 9.53 Å². The number of amides is 1. The van der Waals surface area contributed by atoms with Gasteiger partial charge in [-0.25, -0.2) is 4.98 Å². The van der Waals surface area contributed by atoms with Gasteiger partial charge in [-0.2, -0.15) is 0 Å². The number of hydrogen-bond acceptors (Lipinski definition) is 4. The Bertz CT molecular complexity index is 831. The fourth-order valence-corrected chi connectivity index (χ4v) is 2.89. The summed E-state index contributed by atoms with van der Waals surface area (Å²) in [6.07, 6.45) is 7.43. The van der Waals surface area contributed by atoms with Crippen molar-refractivity contribution in [2.75, 3.05) is 13.1 Å². The Morgan fingerprint density at radius 2 is 2.26 bits per heavy atom. The molecule has 1 saturated heterocycles. The van der Waals surface area contributed by atoms with Gasteiger partial charge in [0.15, 0.2) is 0 Å². The third kappa shape index (κ3) is 2.75. The van der Waals surface area contributed by atoms with E-state index in [0.717, 1.165) is 17.3 Å². The predicted octanol–water partition coefficient (Wildman–Crippen LogP) is 2.25. The average Bonchev–Trinajstić information content (AvgIpc) is 3.23. The van der Waals surface area contributed by atoms with Crippen LogP contribution in [0.15, 0.2) is 49.1 Å². The molecule has 1 aliphatic rings. The fourth-order valence-electron chi connectivity index (χ4n) is 2.89. The second-order valence-corrected chi connectivity index (χ2v) is 5.60. The highest BCUT2D eigenvalue weighted by atomic mass is 16.5. The number of aromatic amines is 1. The van der Waals surface area contributed by atoms with Gasteiger partial charge in [-0.1, -0.05) is 0 Å². The van der Waals surface area contributed by atoms with Crippen molar-refractivity contribution in [3.63, 3.8) is 0 Å². The number of nitrogens with zero attached hydrogens (tertiary/aromatic N) is 3. The second-order valence-electron chi connectivity index (χ2n) is 5.60. The van der Waals surface area contributed by atoms with Gasteiger partial charge >= 0.3 is 0 Å². The summed E-state index contributed by atoms with van der Waals surface area (Å²) in [6.45, 7) is 1.26.